The first-order valence-electron chi connectivity index (χ1n) is 8.42. The molecule has 0 heterocycles. The second-order valence-corrected chi connectivity index (χ2v) is 7.80. The molecule has 2 aromatic carbocycles. The van der Waals surface area contributed by atoms with Crippen LogP contribution in [0.3, 0.4) is 0 Å². The monoisotopic (exact) mass is 390 g/mol. The Kier molecular flexibility index (Phi) is 6.70. The first-order chi connectivity index (χ1) is 12.7. The molecular formula is C19H22N2O5S. The Hall–Kier alpha value is -2.71. The summed E-state index contributed by atoms with van der Waals surface area (Å²) in [7, 11) is -3.84. The largest absolute Gasteiger partial charge is 0.480 e. The molecule has 27 heavy (non-hydrogen) atoms. The summed E-state index contributed by atoms with van der Waals surface area (Å²) in [5, 5.41) is 11.4. The highest BCUT2D eigenvalue weighted by Gasteiger charge is 2.22. The van der Waals surface area contributed by atoms with Crippen LogP contribution in [0.5, 0.6) is 0 Å². The number of carbonyl (C=O) groups is 2. The molecule has 0 aliphatic heterocycles. The molecule has 0 bridgehead atoms. The van der Waals surface area contributed by atoms with Crippen molar-refractivity contribution in [3.8, 4) is 0 Å². The van der Waals surface area contributed by atoms with Gasteiger partial charge in [0.1, 0.15) is 6.04 Å². The van der Waals surface area contributed by atoms with Crippen molar-refractivity contribution in [1.82, 2.24) is 10.0 Å². The topological polar surface area (TPSA) is 113 Å². The lowest BCUT2D eigenvalue weighted by Crippen LogP contribution is -2.40. The number of sulfonamides is 1. The third-order valence-electron chi connectivity index (χ3n) is 4.06. The summed E-state index contributed by atoms with van der Waals surface area (Å²) in [5.74, 6) is -1.78. The SMILES string of the molecule is CCC(NC(=O)c1ccc(C)c(S(=O)(=O)NCc2ccccc2)c1)C(=O)O. The van der Waals surface area contributed by atoms with Gasteiger partial charge < -0.3 is 10.4 Å². The fourth-order valence-corrected chi connectivity index (χ4v) is 3.75. The zero-order chi connectivity index (χ0) is 20.0. The quantitative estimate of drug-likeness (QED) is 0.639. The van der Waals surface area contributed by atoms with Crippen LogP contribution in [-0.4, -0.2) is 31.4 Å². The van der Waals surface area contributed by atoms with Crippen molar-refractivity contribution in [3.63, 3.8) is 0 Å². The summed E-state index contributed by atoms with van der Waals surface area (Å²) in [4.78, 5) is 23.4. The fourth-order valence-electron chi connectivity index (χ4n) is 2.46. The maximum absolute atomic E-state index is 12.7. The molecule has 2 rings (SSSR count). The van der Waals surface area contributed by atoms with Crippen molar-refractivity contribution < 1.29 is 23.1 Å². The number of aliphatic carboxylic acids is 1. The van der Waals surface area contributed by atoms with Crippen LogP contribution in [-0.2, 0) is 21.4 Å². The van der Waals surface area contributed by atoms with Gasteiger partial charge in [0, 0.05) is 12.1 Å². The van der Waals surface area contributed by atoms with Gasteiger partial charge in [-0.25, -0.2) is 17.9 Å². The van der Waals surface area contributed by atoms with Gasteiger partial charge in [0.25, 0.3) is 5.91 Å². The molecule has 1 atom stereocenters. The predicted molar refractivity (Wildman–Crippen MR) is 101 cm³/mol. The van der Waals surface area contributed by atoms with E-state index >= 15 is 0 Å². The lowest BCUT2D eigenvalue weighted by molar-refractivity contribution is -0.139. The van der Waals surface area contributed by atoms with E-state index in [4.69, 9.17) is 5.11 Å². The van der Waals surface area contributed by atoms with Crippen molar-refractivity contribution in [1.29, 1.82) is 0 Å². The molecule has 0 spiro atoms. The predicted octanol–water partition coefficient (Wildman–Crippen LogP) is 2.07. The van der Waals surface area contributed by atoms with Gasteiger partial charge in [-0.15, -0.1) is 0 Å². The van der Waals surface area contributed by atoms with E-state index < -0.39 is 27.9 Å². The van der Waals surface area contributed by atoms with Crippen LogP contribution in [0.15, 0.2) is 53.4 Å². The van der Waals surface area contributed by atoms with E-state index in [0.29, 0.717) is 5.56 Å². The maximum Gasteiger partial charge on any atom is 0.326 e. The Bertz CT molecular complexity index is 926. The lowest BCUT2D eigenvalue weighted by Gasteiger charge is -2.14. The molecule has 1 amide bonds. The van der Waals surface area contributed by atoms with Gasteiger partial charge in [-0.3, -0.25) is 4.79 Å². The van der Waals surface area contributed by atoms with Crippen molar-refractivity contribution in [2.45, 2.75) is 37.8 Å². The molecule has 0 saturated carbocycles. The zero-order valence-electron chi connectivity index (χ0n) is 15.1. The molecule has 8 heteroatoms. The second-order valence-electron chi connectivity index (χ2n) is 6.06. The van der Waals surface area contributed by atoms with Crippen LogP contribution in [0.2, 0.25) is 0 Å². The summed E-state index contributed by atoms with van der Waals surface area (Å²) in [6.07, 6.45) is 0.219. The highest BCUT2D eigenvalue weighted by Crippen LogP contribution is 2.18. The van der Waals surface area contributed by atoms with E-state index in [1.54, 1.807) is 26.0 Å². The molecule has 144 valence electrons. The van der Waals surface area contributed by atoms with E-state index in [0.717, 1.165) is 5.56 Å². The molecule has 0 aliphatic rings. The lowest BCUT2D eigenvalue weighted by atomic mass is 10.1. The van der Waals surface area contributed by atoms with Crippen LogP contribution >= 0.6 is 0 Å². The minimum Gasteiger partial charge on any atom is -0.480 e. The van der Waals surface area contributed by atoms with Crippen LogP contribution in [0.4, 0.5) is 0 Å². The summed E-state index contributed by atoms with van der Waals surface area (Å²) >= 11 is 0. The number of amides is 1. The van der Waals surface area contributed by atoms with Gasteiger partial charge in [0.2, 0.25) is 10.0 Å². The smallest absolute Gasteiger partial charge is 0.326 e. The molecular weight excluding hydrogens is 368 g/mol. The molecule has 0 aromatic heterocycles. The molecule has 0 radical (unpaired) electrons. The molecule has 3 N–H and O–H groups in total. The Labute approximate surface area is 158 Å². The summed E-state index contributed by atoms with van der Waals surface area (Å²) in [6, 6.07) is 12.3. The van der Waals surface area contributed by atoms with Crippen molar-refractivity contribution in [2.75, 3.05) is 0 Å². The van der Waals surface area contributed by atoms with Gasteiger partial charge in [-0.05, 0) is 36.6 Å². The van der Waals surface area contributed by atoms with E-state index in [2.05, 4.69) is 10.0 Å². The summed E-state index contributed by atoms with van der Waals surface area (Å²) < 4.78 is 27.8. The number of rotatable bonds is 8. The number of hydrogen-bond acceptors (Lipinski definition) is 4. The fraction of sp³-hybridized carbons (Fsp3) is 0.263. The van der Waals surface area contributed by atoms with E-state index in [9.17, 15) is 18.0 Å². The van der Waals surface area contributed by atoms with Crippen molar-refractivity contribution in [3.05, 3.63) is 65.2 Å². The number of benzene rings is 2. The van der Waals surface area contributed by atoms with Gasteiger partial charge >= 0.3 is 5.97 Å². The Morgan fingerprint density at radius 3 is 2.37 bits per heavy atom. The van der Waals surface area contributed by atoms with E-state index in [-0.39, 0.29) is 23.4 Å². The molecule has 0 aliphatic carbocycles. The third-order valence-corrected chi connectivity index (χ3v) is 5.60. The van der Waals surface area contributed by atoms with Crippen LogP contribution in [0.25, 0.3) is 0 Å². The molecule has 1 unspecified atom stereocenters. The molecule has 0 fully saturated rings. The van der Waals surface area contributed by atoms with Gasteiger partial charge in [0.05, 0.1) is 4.90 Å². The number of aryl methyl sites for hydroxylation is 1. The zero-order valence-corrected chi connectivity index (χ0v) is 15.9. The van der Waals surface area contributed by atoms with Crippen LogP contribution in [0, 0.1) is 6.92 Å². The number of carboxylic acid groups (broad SMARTS) is 1. The molecule has 7 nitrogen and oxygen atoms in total. The molecule has 0 saturated heterocycles. The second kappa shape index (κ2) is 8.79. The number of nitrogens with one attached hydrogen (secondary N) is 2. The number of carboxylic acids is 1. The van der Waals surface area contributed by atoms with Crippen LogP contribution < -0.4 is 10.0 Å². The summed E-state index contributed by atoms with van der Waals surface area (Å²) in [6.45, 7) is 3.39. The third kappa shape index (κ3) is 5.38. The summed E-state index contributed by atoms with van der Waals surface area (Å²) in [5.41, 5.74) is 1.37. The Morgan fingerprint density at radius 2 is 1.78 bits per heavy atom. The van der Waals surface area contributed by atoms with Crippen LogP contribution in [0.1, 0.15) is 34.8 Å². The highest BCUT2D eigenvalue weighted by molar-refractivity contribution is 7.89. The number of hydrogen-bond donors (Lipinski definition) is 3. The average Bonchev–Trinajstić information content (AvgIpc) is 2.65. The normalized spacial score (nSPS) is 12.4. The van der Waals surface area contributed by atoms with E-state index in [1.807, 2.05) is 18.2 Å². The molecule has 2 aromatic rings. The number of carbonyl (C=O) groups excluding carboxylic acids is 1. The minimum absolute atomic E-state index is 0.0190. The average molecular weight is 390 g/mol. The first-order valence-corrected chi connectivity index (χ1v) is 9.91. The first kappa shape index (κ1) is 20.6. The van der Waals surface area contributed by atoms with Gasteiger partial charge in [-0.1, -0.05) is 43.3 Å². The van der Waals surface area contributed by atoms with Crippen molar-refractivity contribution in [2.24, 2.45) is 0 Å². The van der Waals surface area contributed by atoms with E-state index in [1.165, 1.54) is 18.2 Å². The Morgan fingerprint density at radius 1 is 1.11 bits per heavy atom. The van der Waals surface area contributed by atoms with Gasteiger partial charge in [-0.2, -0.15) is 0 Å². The minimum atomic E-state index is -3.84. The van der Waals surface area contributed by atoms with Crippen molar-refractivity contribution >= 4 is 21.9 Å². The standard InChI is InChI=1S/C19H22N2O5S/c1-3-16(19(23)24)21-18(22)15-10-9-13(2)17(11-15)27(25,26)20-12-14-7-5-4-6-8-14/h4-11,16,20H,3,12H2,1-2H3,(H,21,22)(H,23,24). The highest BCUT2D eigenvalue weighted by atomic mass is 32.2. The maximum atomic E-state index is 12.7. The Balaban J connectivity index is 2.22. The van der Waals surface area contributed by atoms with Gasteiger partial charge in [0.15, 0.2) is 0 Å².